The van der Waals surface area contributed by atoms with Gasteiger partial charge in [0.1, 0.15) is 11.4 Å². The first-order valence-electron chi connectivity index (χ1n) is 11.0. The Morgan fingerprint density at radius 3 is 2.53 bits per heavy atom. The molecular weight excluding hydrogens is 538 g/mol. The van der Waals surface area contributed by atoms with Crippen LogP contribution in [0.3, 0.4) is 0 Å². The maximum absolute atomic E-state index is 13.6. The van der Waals surface area contributed by atoms with Gasteiger partial charge < -0.3 is 5.32 Å². The van der Waals surface area contributed by atoms with Crippen molar-refractivity contribution in [2.75, 3.05) is 5.32 Å². The van der Waals surface area contributed by atoms with Crippen molar-refractivity contribution in [1.82, 2.24) is 9.13 Å². The Bertz CT molecular complexity index is 1520. The summed E-state index contributed by atoms with van der Waals surface area (Å²) in [6.07, 6.45) is 3.76. The highest BCUT2D eigenvalue weighted by atomic mass is 79.9. The van der Waals surface area contributed by atoms with E-state index in [4.69, 9.17) is 11.6 Å². The molecule has 0 bridgehead atoms. The number of nitrogens with one attached hydrogen (secondary N) is 1. The van der Waals surface area contributed by atoms with E-state index >= 15 is 0 Å². The predicted molar refractivity (Wildman–Crippen MR) is 140 cm³/mol. The Kier molecular flexibility index (Phi) is 6.46. The standard InChI is InChI=1S/C25H21BrClN3O3S/c26-16-9-11-17(12-10-16)28-21(31)14-30-24-22(18-6-2-4-8-20(18)34-24)23(32)29(25(30)33)13-15-5-1-3-7-19(15)27/h1,3,5,7,9-12H,2,4,6,8,13-14H2,(H,28,31). The summed E-state index contributed by atoms with van der Waals surface area (Å²) in [4.78, 5) is 41.8. The van der Waals surface area contributed by atoms with Gasteiger partial charge in [0.2, 0.25) is 5.91 Å². The van der Waals surface area contributed by atoms with Crippen LogP contribution in [-0.2, 0) is 30.7 Å². The van der Waals surface area contributed by atoms with Crippen LogP contribution in [0.1, 0.15) is 28.8 Å². The number of fused-ring (bicyclic) bond motifs is 3. The highest BCUT2D eigenvalue weighted by Gasteiger charge is 2.24. The second-order valence-electron chi connectivity index (χ2n) is 8.30. The Balaban J connectivity index is 1.62. The molecule has 1 amide bonds. The predicted octanol–water partition coefficient (Wildman–Crippen LogP) is 5.21. The van der Waals surface area contributed by atoms with Crippen molar-refractivity contribution in [3.8, 4) is 0 Å². The maximum atomic E-state index is 13.6. The van der Waals surface area contributed by atoms with Gasteiger partial charge in [0, 0.05) is 20.1 Å². The molecule has 34 heavy (non-hydrogen) atoms. The van der Waals surface area contributed by atoms with E-state index in [2.05, 4.69) is 21.2 Å². The second-order valence-corrected chi connectivity index (χ2v) is 10.7. The number of nitrogens with zero attached hydrogens (tertiary/aromatic N) is 2. The topological polar surface area (TPSA) is 73.1 Å². The molecule has 0 atom stereocenters. The molecule has 0 spiro atoms. The Morgan fingerprint density at radius 2 is 1.76 bits per heavy atom. The summed E-state index contributed by atoms with van der Waals surface area (Å²) in [5.74, 6) is -0.333. The molecule has 0 unspecified atom stereocenters. The average Bonchev–Trinajstić information content (AvgIpc) is 3.22. The van der Waals surface area contributed by atoms with Crippen LogP contribution in [0.25, 0.3) is 10.2 Å². The minimum absolute atomic E-state index is 0.0478. The molecule has 0 saturated carbocycles. The van der Waals surface area contributed by atoms with Crippen LogP contribution in [-0.4, -0.2) is 15.0 Å². The summed E-state index contributed by atoms with van der Waals surface area (Å²) in [7, 11) is 0. The van der Waals surface area contributed by atoms with Gasteiger partial charge in [-0.2, -0.15) is 0 Å². The van der Waals surface area contributed by atoms with Crippen LogP contribution in [0, 0.1) is 0 Å². The number of carbonyl (C=O) groups excluding carboxylic acids is 1. The number of amides is 1. The molecule has 0 radical (unpaired) electrons. The van der Waals surface area contributed by atoms with Gasteiger partial charge in [-0.3, -0.25) is 18.7 Å². The van der Waals surface area contributed by atoms with Gasteiger partial charge in [-0.05, 0) is 67.1 Å². The van der Waals surface area contributed by atoms with Crippen molar-refractivity contribution in [3.63, 3.8) is 0 Å². The lowest BCUT2D eigenvalue weighted by Crippen LogP contribution is -2.41. The smallest absolute Gasteiger partial charge is 0.325 e. The third kappa shape index (κ3) is 4.37. The molecule has 1 aliphatic rings. The SMILES string of the molecule is O=C(Cn1c(=O)n(Cc2ccccc2Cl)c(=O)c2c3c(sc21)CCCC3)Nc1ccc(Br)cc1. The number of hydrogen-bond donors (Lipinski definition) is 1. The number of thiophene rings is 1. The van der Waals surface area contributed by atoms with Crippen molar-refractivity contribution >= 4 is 60.7 Å². The largest absolute Gasteiger partial charge is 0.332 e. The van der Waals surface area contributed by atoms with E-state index in [0.717, 1.165) is 40.6 Å². The zero-order valence-electron chi connectivity index (χ0n) is 18.1. The Morgan fingerprint density at radius 1 is 1.03 bits per heavy atom. The zero-order chi connectivity index (χ0) is 23.8. The van der Waals surface area contributed by atoms with Gasteiger partial charge in [0.25, 0.3) is 5.56 Å². The summed E-state index contributed by atoms with van der Waals surface area (Å²) in [5, 5.41) is 3.89. The average molecular weight is 559 g/mol. The summed E-state index contributed by atoms with van der Waals surface area (Å²) < 4.78 is 3.54. The monoisotopic (exact) mass is 557 g/mol. The lowest BCUT2D eigenvalue weighted by molar-refractivity contribution is -0.116. The van der Waals surface area contributed by atoms with Gasteiger partial charge in [-0.25, -0.2) is 4.79 Å². The van der Waals surface area contributed by atoms with Crippen molar-refractivity contribution in [1.29, 1.82) is 0 Å². The first-order valence-corrected chi connectivity index (χ1v) is 13.0. The third-order valence-electron chi connectivity index (χ3n) is 6.03. The van der Waals surface area contributed by atoms with Crippen molar-refractivity contribution in [2.45, 2.75) is 38.8 Å². The molecule has 2 heterocycles. The van der Waals surface area contributed by atoms with E-state index in [1.54, 1.807) is 30.3 Å². The van der Waals surface area contributed by atoms with Crippen molar-refractivity contribution in [3.05, 3.63) is 94.9 Å². The van der Waals surface area contributed by atoms with Gasteiger partial charge >= 0.3 is 5.69 Å². The van der Waals surface area contributed by atoms with Gasteiger partial charge in [0.05, 0.1) is 11.9 Å². The number of carbonyl (C=O) groups is 1. The number of anilines is 1. The van der Waals surface area contributed by atoms with Crippen molar-refractivity contribution < 1.29 is 4.79 Å². The summed E-state index contributed by atoms with van der Waals surface area (Å²) in [6, 6.07) is 14.4. The fourth-order valence-corrected chi connectivity index (χ4v) is 6.20. The van der Waals surface area contributed by atoms with E-state index in [1.807, 2.05) is 18.2 Å². The Labute approximate surface area is 212 Å². The quantitative estimate of drug-likeness (QED) is 0.366. The highest BCUT2D eigenvalue weighted by molar-refractivity contribution is 9.10. The Hall–Kier alpha value is -2.68. The molecule has 0 saturated heterocycles. The zero-order valence-corrected chi connectivity index (χ0v) is 21.3. The molecule has 0 fully saturated rings. The van der Waals surface area contributed by atoms with Crippen LogP contribution >= 0.6 is 38.9 Å². The summed E-state index contributed by atoms with van der Waals surface area (Å²) >= 11 is 11.2. The van der Waals surface area contributed by atoms with E-state index < -0.39 is 5.69 Å². The fourth-order valence-electron chi connectivity index (χ4n) is 4.37. The number of benzene rings is 2. The molecule has 174 valence electrons. The van der Waals surface area contributed by atoms with Crippen LogP contribution < -0.4 is 16.6 Å². The normalized spacial score (nSPS) is 13.1. The minimum atomic E-state index is -0.512. The first kappa shape index (κ1) is 23.1. The third-order valence-corrected chi connectivity index (χ3v) is 8.25. The molecule has 0 aliphatic heterocycles. The van der Waals surface area contributed by atoms with Crippen molar-refractivity contribution in [2.24, 2.45) is 0 Å². The molecule has 6 nitrogen and oxygen atoms in total. The lowest BCUT2D eigenvalue weighted by atomic mass is 9.97. The fraction of sp³-hybridized carbons (Fsp3) is 0.240. The van der Waals surface area contributed by atoms with Gasteiger partial charge in [0.15, 0.2) is 0 Å². The molecule has 1 aliphatic carbocycles. The van der Waals surface area contributed by atoms with Crippen LogP contribution in [0.2, 0.25) is 5.02 Å². The number of aromatic nitrogens is 2. The highest BCUT2D eigenvalue weighted by Crippen LogP contribution is 2.34. The number of aryl methyl sites for hydroxylation is 2. The van der Waals surface area contributed by atoms with E-state index in [9.17, 15) is 14.4 Å². The molecule has 4 aromatic rings. The van der Waals surface area contributed by atoms with Crippen LogP contribution in [0.4, 0.5) is 5.69 Å². The first-order chi connectivity index (χ1) is 16.4. The number of hydrogen-bond acceptors (Lipinski definition) is 4. The molecule has 2 aromatic heterocycles. The van der Waals surface area contributed by atoms with E-state index in [1.165, 1.54) is 20.5 Å². The molecule has 5 rings (SSSR count). The van der Waals surface area contributed by atoms with Gasteiger partial charge in [-0.15, -0.1) is 11.3 Å². The summed E-state index contributed by atoms with van der Waals surface area (Å²) in [5.41, 5.74) is 1.50. The molecule has 9 heteroatoms. The molecule has 1 N–H and O–H groups in total. The maximum Gasteiger partial charge on any atom is 0.332 e. The molecule has 2 aromatic carbocycles. The summed E-state index contributed by atoms with van der Waals surface area (Å²) in [6.45, 7) is -0.139. The minimum Gasteiger partial charge on any atom is -0.325 e. The van der Waals surface area contributed by atoms with E-state index in [0.29, 0.717) is 26.5 Å². The second kappa shape index (κ2) is 9.52. The number of halogens is 2. The van der Waals surface area contributed by atoms with E-state index in [-0.39, 0.29) is 24.6 Å². The lowest BCUT2D eigenvalue weighted by Gasteiger charge is -2.14. The molecular formula is C25H21BrClN3O3S. The van der Waals surface area contributed by atoms with Gasteiger partial charge in [-0.1, -0.05) is 45.7 Å². The number of rotatable bonds is 5. The van der Waals surface area contributed by atoms with Crippen LogP contribution in [0.15, 0.2) is 62.6 Å². The van der Waals surface area contributed by atoms with Crippen LogP contribution in [0.5, 0.6) is 0 Å².